The van der Waals surface area contributed by atoms with Crippen LogP contribution in [0.2, 0.25) is 0 Å². The zero-order valence-electron chi connectivity index (χ0n) is 24.8. The van der Waals surface area contributed by atoms with Crippen molar-refractivity contribution < 1.29 is 5.11 Å². The third-order valence-corrected chi connectivity index (χ3v) is 5.26. The topological polar surface area (TPSA) is 60.2 Å². The Labute approximate surface area is 222 Å². The van der Waals surface area contributed by atoms with E-state index in [-0.39, 0.29) is 11.8 Å². The molecule has 2 aromatic rings. The van der Waals surface area contributed by atoms with E-state index in [1.54, 1.807) is 24.5 Å². The van der Waals surface area contributed by atoms with E-state index in [0.717, 1.165) is 35.6 Å². The number of rotatable bonds is 9. The highest BCUT2D eigenvalue weighted by atomic mass is 16.3. The normalized spacial score (nSPS) is 11.3. The number of amidine groups is 1. The van der Waals surface area contributed by atoms with E-state index >= 15 is 0 Å². The van der Waals surface area contributed by atoms with Gasteiger partial charge in [0.1, 0.15) is 11.6 Å². The van der Waals surface area contributed by atoms with Gasteiger partial charge in [-0.2, -0.15) is 5.10 Å². The summed E-state index contributed by atoms with van der Waals surface area (Å²) < 4.78 is 0. The average Bonchev–Trinajstić information content (AvgIpc) is 2.92. The Balaban J connectivity index is 0. The van der Waals surface area contributed by atoms with Crippen molar-refractivity contribution in [2.75, 3.05) is 5.32 Å². The van der Waals surface area contributed by atoms with Crippen molar-refractivity contribution in [3.05, 3.63) is 66.4 Å². The Morgan fingerprint density at radius 1 is 1.00 bits per heavy atom. The summed E-state index contributed by atoms with van der Waals surface area (Å²) >= 11 is 0. The highest BCUT2D eigenvalue weighted by Crippen LogP contribution is 2.34. The summed E-state index contributed by atoms with van der Waals surface area (Å²) in [6.45, 7) is 26.2. The van der Waals surface area contributed by atoms with Crippen LogP contribution in [-0.4, -0.2) is 22.2 Å². The third-order valence-electron chi connectivity index (χ3n) is 5.26. The molecule has 0 aliphatic rings. The Hall–Kier alpha value is -3.08. The van der Waals surface area contributed by atoms with Gasteiger partial charge in [-0.25, -0.2) is 4.99 Å². The van der Waals surface area contributed by atoms with Crippen molar-refractivity contribution in [3.63, 3.8) is 0 Å². The fourth-order valence-corrected chi connectivity index (χ4v) is 3.69. The fourth-order valence-electron chi connectivity index (χ4n) is 3.69. The van der Waals surface area contributed by atoms with Crippen LogP contribution < -0.4 is 5.32 Å². The highest BCUT2D eigenvalue weighted by Gasteiger charge is 2.25. The number of aliphatic imine (C=N–C) groups is 1. The van der Waals surface area contributed by atoms with Gasteiger partial charge in [0.05, 0.1) is 11.7 Å². The number of phenolic OH excluding ortho intramolecular Hbond substituents is 1. The summed E-state index contributed by atoms with van der Waals surface area (Å²) in [7, 11) is 0. The molecule has 0 aromatic heterocycles. The van der Waals surface area contributed by atoms with Crippen LogP contribution in [0.4, 0.5) is 11.4 Å². The lowest BCUT2D eigenvalue weighted by Gasteiger charge is -2.32. The van der Waals surface area contributed by atoms with Crippen LogP contribution in [0.15, 0.2) is 65.3 Å². The molecule has 0 amide bonds. The molecule has 2 aromatic carbocycles. The van der Waals surface area contributed by atoms with Gasteiger partial charge in [-0.05, 0) is 68.1 Å². The van der Waals surface area contributed by atoms with Crippen molar-refractivity contribution in [2.45, 2.75) is 95.0 Å². The number of nitrogens with zero attached hydrogens (tertiary/aromatic N) is 3. The van der Waals surface area contributed by atoms with Gasteiger partial charge in [-0.15, -0.1) is 0 Å². The van der Waals surface area contributed by atoms with Gasteiger partial charge in [0.2, 0.25) is 0 Å². The maximum Gasteiger partial charge on any atom is 0.115 e. The molecule has 0 bridgehead atoms. The number of aryl methyl sites for hydroxylation is 1. The molecule has 0 fully saturated rings. The molecule has 1 unspecified atom stereocenters. The van der Waals surface area contributed by atoms with E-state index in [1.807, 2.05) is 73.4 Å². The molecule has 2 N–H and O–H groups in total. The van der Waals surface area contributed by atoms with E-state index < -0.39 is 0 Å². The molecule has 0 aliphatic carbocycles. The summed E-state index contributed by atoms with van der Waals surface area (Å²) in [4.78, 5) is 4.63. The van der Waals surface area contributed by atoms with Crippen molar-refractivity contribution in [3.8, 4) is 5.75 Å². The van der Waals surface area contributed by atoms with Gasteiger partial charge in [0.15, 0.2) is 0 Å². The lowest BCUT2D eigenvalue weighted by molar-refractivity contribution is 0.200. The van der Waals surface area contributed by atoms with Gasteiger partial charge < -0.3 is 10.4 Å². The Morgan fingerprint density at radius 3 is 2.00 bits per heavy atom. The molecule has 0 saturated carbocycles. The van der Waals surface area contributed by atoms with Crippen LogP contribution in [-0.2, 0) is 0 Å². The molecule has 1 atom stereocenters. The molecule has 0 aliphatic heterocycles. The van der Waals surface area contributed by atoms with E-state index in [1.165, 1.54) is 5.56 Å². The molecule has 0 heterocycles. The first-order valence-electron chi connectivity index (χ1n) is 13.5. The summed E-state index contributed by atoms with van der Waals surface area (Å²) in [6.07, 6.45) is 5.75. The third kappa shape index (κ3) is 11.6. The lowest BCUT2D eigenvalue weighted by Crippen LogP contribution is -2.25. The van der Waals surface area contributed by atoms with Crippen molar-refractivity contribution in [1.29, 1.82) is 0 Å². The molecular formula is C31H52N4O. The largest absolute Gasteiger partial charge is 0.508 e. The number of nitrogens with one attached hydrogen (secondary N) is 1. The second-order valence-electron chi connectivity index (χ2n) is 7.37. The van der Waals surface area contributed by atoms with Gasteiger partial charge in [-0.3, -0.25) is 5.01 Å². The summed E-state index contributed by atoms with van der Waals surface area (Å²) in [6, 6.07) is 13.8. The van der Waals surface area contributed by atoms with E-state index in [4.69, 9.17) is 0 Å². The minimum absolute atomic E-state index is 0.150. The van der Waals surface area contributed by atoms with Gasteiger partial charge >= 0.3 is 0 Å². The minimum atomic E-state index is 0.150. The molecule has 36 heavy (non-hydrogen) atoms. The van der Waals surface area contributed by atoms with Gasteiger partial charge in [0, 0.05) is 18.1 Å². The maximum absolute atomic E-state index is 9.56. The second kappa shape index (κ2) is 21.2. The number of hydrogen-bond acceptors (Lipinski definition) is 4. The molecular weight excluding hydrogens is 444 g/mol. The molecule has 5 nitrogen and oxygen atoms in total. The van der Waals surface area contributed by atoms with Crippen LogP contribution in [0.5, 0.6) is 5.75 Å². The Morgan fingerprint density at radius 2 is 1.56 bits per heavy atom. The number of hydrogen-bond donors (Lipinski definition) is 2. The minimum Gasteiger partial charge on any atom is -0.508 e. The van der Waals surface area contributed by atoms with Crippen molar-refractivity contribution >= 4 is 23.4 Å². The summed E-state index contributed by atoms with van der Waals surface area (Å²) in [5.74, 6) is 1.52. The Bertz CT molecular complexity index is 884. The smallest absolute Gasteiger partial charge is 0.115 e. The van der Waals surface area contributed by atoms with Crippen molar-refractivity contribution in [2.24, 2.45) is 16.0 Å². The van der Waals surface area contributed by atoms with Crippen molar-refractivity contribution in [1.82, 2.24) is 5.01 Å². The van der Waals surface area contributed by atoms with Crippen LogP contribution in [0.25, 0.3) is 0 Å². The molecule has 5 heteroatoms. The predicted molar refractivity (Wildman–Crippen MR) is 163 cm³/mol. The van der Waals surface area contributed by atoms with E-state index in [0.29, 0.717) is 5.92 Å². The van der Waals surface area contributed by atoms with Crippen LogP contribution in [0.1, 0.15) is 99.2 Å². The number of anilines is 1. The highest BCUT2D eigenvalue weighted by molar-refractivity contribution is 5.95. The quantitative estimate of drug-likeness (QED) is 0.206. The van der Waals surface area contributed by atoms with E-state index in [2.05, 4.69) is 60.1 Å². The monoisotopic (exact) mass is 496 g/mol. The number of benzene rings is 2. The first-order chi connectivity index (χ1) is 17.4. The number of hydrazone groups is 1. The van der Waals surface area contributed by atoms with Crippen LogP contribution in [0, 0.1) is 12.8 Å². The van der Waals surface area contributed by atoms with E-state index in [9.17, 15) is 5.11 Å². The van der Waals surface area contributed by atoms with Gasteiger partial charge in [-0.1, -0.05) is 86.9 Å². The number of phenols is 1. The van der Waals surface area contributed by atoms with Crippen LogP contribution >= 0.6 is 0 Å². The fraction of sp³-hybridized carbons (Fsp3) is 0.484. The maximum atomic E-state index is 9.56. The van der Waals surface area contributed by atoms with Crippen LogP contribution in [0.3, 0.4) is 0 Å². The number of aromatic hydroxyl groups is 1. The zero-order chi connectivity index (χ0) is 28.1. The summed E-state index contributed by atoms with van der Waals surface area (Å²) in [5.41, 5.74) is 3.95. The molecule has 0 radical (unpaired) electrons. The molecule has 0 spiro atoms. The average molecular weight is 497 g/mol. The first kappa shape index (κ1) is 35.1. The zero-order valence-corrected chi connectivity index (χ0v) is 24.8. The Kier molecular flexibility index (Phi) is 20.7. The molecule has 202 valence electrons. The molecule has 2 rings (SSSR count). The predicted octanol–water partition coefficient (Wildman–Crippen LogP) is 9.87. The summed E-state index contributed by atoms with van der Waals surface area (Å²) in [5, 5.41) is 19.4. The second-order valence-corrected chi connectivity index (χ2v) is 7.37. The SMILES string of the molecule is C=CN(/N=C\C)C(c1ccc(NC(C)=Nc2ccc(O)cc2C)cc1)C(CC)CC.CC.CC.CC. The van der Waals surface area contributed by atoms with Gasteiger partial charge in [0.25, 0.3) is 0 Å². The lowest BCUT2D eigenvalue weighted by atomic mass is 9.88. The molecule has 0 saturated heterocycles. The standard InChI is InChI=1S/C25H34N4O.3C2H6/c1-7-20(8-2)25(29(10-4)26-9-3)21-11-13-22(14-12-21)27-19(6)28-24-16-15-23(30)17-18(24)5;3*1-2/h9-17,20,25,30H,4,7-8H2,1-3,5-6H3,(H,27,28);3*1-2H3/b26-9-;;;. The first-order valence-corrected chi connectivity index (χ1v) is 13.5.